The van der Waals surface area contributed by atoms with Crippen molar-refractivity contribution in [2.75, 3.05) is 0 Å². The molecule has 1 aromatic heterocycles. The molecule has 0 fully saturated rings. The molecule has 0 spiro atoms. The van der Waals surface area contributed by atoms with Crippen molar-refractivity contribution in [3.05, 3.63) is 51.5 Å². The van der Waals surface area contributed by atoms with Crippen molar-refractivity contribution in [3.8, 4) is 0 Å². The minimum absolute atomic E-state index is 0.0311. The second-order valence-corrected chi connectivity index (χ2v) is 6.98. The third kappa shape index (κ3) is 4.41. The van der Waals surface area contributed by atoms with Gasteiger partial charge in [-0.25, -0.2) is 4.98 Å². The highest BCUT2D eigenvalue weighted by Crippen LogP contribution is 2.22. The Bertz CT molecular complexity index is 616. The minimum atomic E-state index is 0.0311. The van der Waals surface area contributed by atoms with E-state index < -0.39 is 0 Å². The number of hydrogen-bond donors (Lipinski definition) is 1. The molecule has 2 aromatic rings. The van der Waals surface area contributed by atoms with Gasteiger partial charge in [0.05, 0.1) is 23.2 Å². The molecule has 0 aliphatic rings. The fourth-order valence-corrected chi connectivity index (χ4v) is 3.09. The summed E-state index contributed by atoms with van der Waals surface area (Å²) in [6.45, 7) is 8.36. The molecule has 0 aliphatic heterocycles. The van der Waals surface area contributed by atoms with E-state index in [1.807, 2.05) is 12.3 Å². The molecule has 1 N–H and O–H groups in total. The summed E-state index contributed by atoms with van der Waals surface area (Å²) in [6, 6.07) is 8.56. The predicted octanol–water partition coefficient (Wildman–Crippen LogP) is 4.07. The van der Waals surface area contributed by atoms with Gasteiger partial charge in [-0.05, 0) is 30.4 Å². The van der Waals surface area contributed by atoms with Gasteiger partial charge in [-0.15, -0.1) is 11.3 Å². The average Bonchev–Trinajstić information content (AvgIpc) is 2.89. The molecule has 118 valence electrons. The number of amides is 1. The number of hydrogen-bond acceptors (Lipinski definition) is 3. The van der Waals surface area contributed by atoms with Crippen LogP contribution in [0.15, 0.2) is 29.6 Å². The van der Waals surface area contributed by atoms with E-state index in [2.05, 4.69) is 55.3 Å². The van der Waals surface area contributed by atoms with Crippen LogP contribution in [0.3, 0.4) is 0 Å². The first-order chi connectivity index (χ1) is 10.5. The van der Waals surface area contributed by atoms with Crippen LogP contribution in [-0.4, -0.2) is 10.9 Å². The number of nitrogens with one attached hydrogen (secondary N) is 1. The van der Waals surface area contributed by atoms with Crippen LogP contribution in [0.2, 0.25) is 0 Å². The molecule has 1 atom stereocenters. The van der Waals surface area contributed by atoms with E-state index >= 15 is 0 Å². The fraction of sp³-hybridized carbons (Fsp3) is 0.444. The van der Waals surface area contributed by atoms with Crippen molar-refractivity contribution in [3.63, 3.8) is 0 Å². The van der Waals surface area contributed by atoms with E-state index in [0.29, 0.717) is 12.3 Å². The Morgan fingerprint density at radius 1 is 1.27 bits per heavy atom. The first-order valence-corrected chi connectivity index (χ1v) is 8.66. The maximum Gasteiger partial charge on any atom is 0.226 e. The molecule has 22 heavy (non-hydrogen) atoms. The molecule has 1 unspecified atom stereocenters. The third-order valence-electron chi connectivity index (χ3n) is 3.74. The van der Waals surface area contributed by atoms with E-state index in [1.165, 1.54) is 5.56 Å². The van der Waals surface area contributed by atoms with Gasteiger partial charge in [0, 0.05) is 5.38 Å². The van der Waals surface area contributed by atoms with Crippen molar-refractivity contribution in [2.45, 2.75) is 46.6 Å². The molecule has 1 heterocycles. The van der Waals surface area contributed by atoms with Crippen LogP contribution >= 0.6 is 11.3 Å². The summed E-state index contributed by atoms with van der Waals surface area (Å²) < 4.78 is 0. The summed E-state index contributed by atoms with van der Waals surface area (Å²) in [5.74, 6) is 0.372. The number of aromatic nitrogens is 1. The van der Waals surface area contributed by atoms with Gasteiger partial charge in [0.15, 0.2) is 0 Å². The molecule has 4 heteroatoms. The van der Waals surface area contributed by atoms with Crippen molar-refractivity contribution in [2.24, 2.45) is 5.92 Å². The number of rotatable bonds is 6. The van der Waals surface area contributed by atoms with Crippen LogP contribution in [0.1, 0.15) is 48.6 Å². The van der Waals surface area contributed by atoms with Gasteiger partial charge in [-0.2, -0.15) is 0 Å². The summed E-state index contributed by atoms with van der Waals surface area (Å²) >= 11 is 1.58. The summed E-state index contributed by atoms with van der Waals surface area (Å²) in [5.41, 5.74) is 3.33. The fourth-order valence-electron chi connectivity index (χ4n) is 2.47. The second kappa shape index (κ2) is 7.54. The predicted molar refractivity (Wildman–Crippen MR) is 92.1 cm³/mol. The Morgan fingerprint density at radius 3 is 2.45 bits per heavy atom. The quantitative estimate of drug-likeness (QED) is 0.873. The molecule has 1 amide bonds. The van der Waals surface area contributed by atoms with E-state index in [1.54, 1.807) is 11.3 Å². The van der Waals surface area contributed by atoms with Crippen LogP contribution in [-0.2, 0) is 17.6 Å². The van der Waals surface area contributed by atoms with Gasteiger partial charge >= 0.3 is 0 Å². The van der Waals surface area contributed by atoms with E-state index in [4.69, 9.17) is 0 Å². The Balaban J connectivity index is 2.05. The number of aryl methyl sites for hydroxylation is 2. The largest absolute Gasteiger partial charge is 0.349 e. The molecule has 2 rings (SSSR count). The lowest BCUT2D eigenvalue weighted by atomic mass is 9.94. The van der Waals surface area contributed by atoms with Crippen LogP contribution in [0.25, 0.3) is 0 Å². The van der Waals surface area contributed by atoms with Crippen LogP contribution < -0.4 is 5.32 Å². The van der Waals surface area contributed by atoms with Gasteiger partial charge in [-0.1, -0.05) is 45.0 Å². The van der Waals surface area contributed by atoms with Gasteiger partial charge < -0.3 is 5.32 Å². The van der Waals surface area contributed by atoms with Crippen molar-refractivity contribution in [1.29, 1.82) is 0 Å². The highest BCUT2D eigenvalue weighted by atomic mass is 32.1. The highest BCUT2D eigenvalue weighted by Gasteiger charge is 2.19. The van der Waals surface area contributed by atoms with E-state index in [9.17, 15) is 4.79 Å². The topological polar surface area (TPSA) is 42.0 Å². The van der Waals surface area contributed by atoms with Gasteiger partial charge in [0.25, 0.3) is 0 Å². The number of thiazole rings is 1. The maximum atomic E-state index is 12.3. The maximum absolute atomic E-state index is 12.3. The molecule has 0 saturated heterocycles. The molecule has 0 saturated carbocycles. The first kappa shape index (κ1) is 16.7. The smallest absolute Gasteiger partial charge is 0.226 e. The van der Waals surface area contributed by atoms with Crippen LogP contribution in [0.4, 0.5) is 0 Å². The zero-order valence-electron chi connectivity index (χ0n) is 13.7. The Kier molecular flexibility index (Phi) is 5.72. The zero-order valence-corrected chi connectivity index (χ0v) is 14.5. The molecule has 0 aliphatic carbocycles. The van der Waals surface area contributed by atoms with Crippen molar-refractivity contribution < 1.29 is 4.79 Å². The molecule has 1 aromatic carbocycles. The lowest BCUT2D eigenvalue weighted by Gasteiger charge is -2.23. The summed E-state index contributed by atoms with van der Waals surface area (Å²) in [5, 5.41) is 6.11. The molecular weight excluding hydrogens is 292 g/mol. The number of nitrogens with zero attached hydrogens (tertiary/aromatic N) is 1. The SMILES string of the molecule is CCc1ccc(C(NC(=O)Cc2csc(C)n2)C(C)C)cc1. The van der Waals surface area contributed by atoms with E-state index in [0.717, 1.165) is 22.7 Å². The molecular formula is C18H24N2OS. The Hall–Kier alpha value is -1.68. The van der Waals surface area contributed by atoms with E-state index in [-0.39, 0.29) is 11.9 Å². The van der Waals surface area contributed by atoms with Gasteiger partial charge in [0.1, 0.15) is 0 Å². The monoisotopic (exact) mass is 316 g/mol. The standard InChI is InChI=1S/C18H24N2OS/c1-5-14-6-8-15(9-7-14)18(12(2)3)20-17(21)10-16-11-22-13(4)19-16/h6-9,11-12,18H,5,10H2,1-4H3,(H,20,21). The number of carbonyl (C=O) groups excluding carboxylic acids is 1. The Morgan fingerprint density at radius 2 is 1.95 bits per heavy atom. The zero-order chi connectivity index (χ0) is 16.1. The molecule has 0 radical (unpaired) electrons. The normalized spacial score (nSPS) is 12.4. The van der Waals surface area contributed by atoms with Crippen LogP contribution in [0.5, 0.6) is 0 Å². The molecule has 0 bridgehead atoms. The van der Waals surface area contributed by atoms with Crippen molar-refractivity contribution in [1.82, 2.24) is 10.3 Å². The summed E-state index contributed by atoms with van der Waals surface area (Å²) in [7, 11) is 0. The van der Waals surface area contributed by atoms with Gasteiger partial charge in [-0.3, -0.25) is 4.79 Å². The summed E-state index contributed by atoms with van der Waals surface area (Å²) in [6.07, 6.45) is 1.38. The first-order valence-electron chi connectivity index (χ1n) is 7.78. The van der Waals surface area contributed by atoms with Crippen LogP contribution in [0, 0.1) is 12.8 Å². The third-order valence-corrected chi connectivity index (χ3v) is 4.56. The summed E-state index contributed by atoms with van der Waals surface area (Å²) in [4.78, 5) is 16.6. The lowest BCUT2D eigenvalue weighted by Crippen LogP contribution is -2.32. The average molecular weight is 316 g/mol. The minimum Gasteiger partial charge on any atom is -0.349 e. The number of benzene rings is 1. The number of carbonyl (C=O) groups is 1. The highest BCUT2D eigenvalue weighted by molar-refractivity contribution is 7.09. The van der Waals surface area contributed by atoms with Gasteiger partial charge in [0.2, 0.25) is 5.91 Å². The lowest BCUT2D eigenvalue weighted by molar-refractivity contribution is -0.121. The van der Waals surface area contributed by atoms with Crippen molar-refractivity contribution >= 4 is 17.2 Å². The second-order valence-electron chi connectivity index (χ2n) is 5.92. The molecule has 3 nitrogen and oxygen atoms in total. The Labute approximate surface area is 136 Å².